The fraction of sp³-hybridized carbons (Fsp3) is 1.00. The van der Waals surface area contributed by atoms with Crippen LogP contribution in [0.15, 0.2) is 0 Å². The van der Waals surface area contributed by atoms with Gasteiger partial charge in [-0.3, -0.25) is 0 Å². The maximum atomic E-state index is 4.68. The first-order valence-electron chi connectivity index (χ1n) is 4.24. The van der Waals surface area contributed by atoms with E-state index in [1.54, 1.807) is 41.5 Å². The summed E-state index contributed by atoms with van der Waals surface area (Å²) in [5.74, 6) is 0. The molecule has 0 aliphatic rings. The molecular weight excluding hydrogens is 192 g/mol. The van der Waals surface area contributed by atoms with E-state index in [9.17, 15) is 0 Å². The minimum Gasteiger partial charge on any atom is -0.198 e. The van der Waals surface area contributed by atoms with Crippen LogP contribution >= 0.6 is 0 Å². The molecule has 0 aliphatic carbocycles. The summed E-state index contributed by atoms with van der Waals surface area (Å²) in [6, 6.07) is 0. The largest absolute Gasteiger partial charge is 0.198 e. The van der Waals surface area contributed by atoms with Gasteiger partial charge < -0.3 is 0 Å². The van der Waals surface area contributed by atoms with Crippen molar-refractivity contribution in [2.45, 2.75) is 52.7 Å². The number of hydrogen-bond acceptors (Lipinski definition) is 6. The summed E-state index contributed by atoms with van der Waals surface area (Å²) < 4.78 is 0. The van der Waals surface area contributed by atoms with Gasteiger partial charge in [0.05, 0.1) is 11.2 Å². The second kappa shape index (κ2) is 5.59. The Bertz CT molecular complexity index is 127. The molecule has 86 valence electrons. The first-order valence-corrected chi connectivity index (χ1v) is 4.24. The van der Waals surface area contributed by atoms with E-state index in [0.29, 0.717) is 0 Å². The molecule has 0 heterocycles. The molecule has 0 radical (unpaired) electrons. The van der Waals surface area contributed by atoms with Crippen LogP contribution in [-0.4, -0.2) is 11.2 Å². The number of hydrogen-bond donors (Lipinski definition) is 0. The highest BCUT2D eigenvalue weighted by Crippen LogP contribution is 2.09. The van der Waals surface area contributed by atoms with Gasteiger partial charge in [-0.15, -0.1) is 0 Å². The third-order valence-electron chi connectivity index (χ3n) is 0.651. The van der Waals surface area contributed by atoms with Crippen LogP contribution in [-0.2, 0) is 29.9 Å². The topological polar surface area (TPSA) is 55.4 Å². The monoisotopic (exact) mass is 210 g/mol. The van der Waals surface area contributed by atoms with E-state index >= 15 is 0 Å². The van der Waals surface area contributed by atoms with Gasteiger partial charge >= 0.3 is 0 Å². The number of rotatable bonds is 5. The normalized spacial score (nSPS) is 13.3. The van der Waals surface area contributed by atoms with E-state index in [1.165, 1.54) is 0 Å². The molecule has 6 nitrogen and oxygen atoms in total. The van der Waals surface area contributed by atoms with Crippen LogP contribution in [0.4, 0.5) is 0 Å². The highest BCUT2D eigenvalue weighted by molar-refractivity contribution is 4.54. The minimum atomic E-state index is -0.492. The molecular formula is C8H18O6. The van der Waals surface area contributed by atoms with Crippen LogP contribution in [0.5, 0.6) is 0 Å². The van der Waals surface area contributed by atoms with Crippen molar-refractivity contribution in [1.82, 2.24) is 0 Å². The molecule has 0 amide bonds. The van der Waals surface area contributed by atoms with Gasteiger partial charge in [0, 0.05) is 0 Å². The molecule has 0 spiro atoms. The zero-order valence-corrected chi connectivity index (χ0v) is 9.45. The highest BCUT2D eigenvalue weighted by atomic mass is 17.8. The summed E-state index contributed by atoms with van der Waals surface area (Å²) >= 11 is 0. The Morgan fingerprint density at radius 1 is 0.500 bits per heavy atom. The zero-order valence-electron chi connectivity index (χ0n) is 9.45. The van der Waals surface area contributed by atoms with Crippen LogP contribution < -0.4 is 0 Å². The van der Waals surface area contributed by atoms with Gasteiger partial charge in [-0.1, -0.05) is 0 Å². The lowest BCUT2D eigenvalue weighted by Crippen LogP contribution is -2.21. The molecule has 0 N–H and O–H groups in total. The van der Waals surface area contributed by atoms with Crippen molar-refractivity contribution in [1.29, 1.82) is 0 Å². The Labute approximate surface area is 83.6 Å². The van der Waals surface area contributed by atoms with Gasteiger partial charge in [0.15, 0.2) is 0 Å². The highest BCUT2D eigenvalue weighted by Gasteiger charge is 2.14. The summed E-state index contributed by atoms with van der Waals surface area (Å²) in [6.07, 6.45) is 0. The average molecular weight is 210 g/mol. The van der Waals surface area contributed by atoms with Gasteiger partial charge in [-0.05, 0) is 61.7 Å². The molecule has 0 saturated heterocycles. The quantitative estimate of drug-likeness (QED) is 0.394. The molecule has 0 aromatic heterocycles. The molecule has 0 aromatic carbocycles. The van der Waals surface area contributed by atoms with E-state index in [0.717, 1.165) is 0 Å². The maximum Gasteiger partial charge on any atom is 0.0984 e. The van der Waals surface area contributed by atoms with Crippen LogP contribution in [0.2, 0.25) is 0 Å². The van der Waals surface area contributed by atoms with Crippen molar-refractivity contribution in [3.63, 3.8) is 0 Å². The molecule has 6 heteroatoms. The predicted molar refractivity (Wildman–Crippen MR) is 46.0 cm³/mol. The van der Waals surface area contributed by atoms with Crippen molar-refractivity contribution in [3.05, 3.63) is 0 Å². The van der Waals surface area contributed by atoms with Crippen LogP contribution in [0, 0.1) is 0 Å². The third-order valence-corrected chi connectivity index (χ3v) is 0.651. The van der Waals surface area contributed by atoms with Crippen molar-refractivity contribution < 1.29 is 29.9 Å². The molecule has 0 aliphatic heterocycles. The first-order chi connectivity index (χ1) is 6.21. The van der Waals surface area contributed by atoms with Crippen molar-refractivity contribution in [3.8, 4) is 0 Å². The fourth-order valence-corrected chi connectivity index (χ4v) is 0.255. The van der Waals surface area contributed by atoms with E-state index in [1.807, 2.05) is 0 Å². The fourth-order valence-electron chi connectivity index (χ4n) is 0.255. The lowest BCUT2D eigenvalue weighted by atomic mass is 10.2. The molecule has 0 fully saturated rings. The van der Waals surface area contributed by atoms with Gasteiger partial charge in [-0.2, -0.15) is 9.78 Å². The molecule has 0 bridgehead atoms. The minimum absolute atomic E-state index is 0.492. The van der Waals surface area contributed by atoms with Crippen molar-refractivity contribution in [2.75, 3.05) is 0 Å². The van der Waals surface area contributed by atoms with Crippen molar-refractivity contribution in [2.24, 2.45) is 0 Å². The standard InChI is InChI=1S/C8H18O6/c1-7(2,3)9-11-13-14-12-10-8(4,5)6/h1-6H3. The smallest absolute Gasteiger partial charge is 0.0984 e. The third kappa shape index (κ3) is 11.8. The van der Waals surface area contributed by atoms with E-state index in [2.05, 4.69) is 29.9 Å². The summed E-state index contributed by atoms with van der Waals surface area (Å²) in [5, 5.41) is 16.4. The van der Waals surface area contributed by atoms with Gasteiger partial charge in [0.2, 0.25) is 0 Å². The lowest BCUT2D eigenvalue weighted by molar-refractivity contribution is -0.768. The second-order valence-corrected chi connectivity index (χ2v) is 4.66. The Morgan fingerprint density at radius 3 is 1.00 bits per heavy atom. The molecule has 0 unspecified atom stereocenters. The lowest BCUT2D eigenvalue weighted by Gasteiger charge is -2.16. The summed E-state index contributed by atoms with van der Waals surface area (Å²) in [6.45, 7) is 10.7. The van der Waals surface area contributed by atoms with E-state index in [-0.39, 0.29) is 0 Å². The Kier molecular flexibility index (Phi) is 5.50. The van der Waals surface area contributed by atoms with Crippen LogP contribution in [0.3, 0.4) is 0 Å². The zero-order chi connectivity index (χ0) is 11.2. The Morgan fingerprint density at radius 2 is 0.786 bits per heavy atom. The first kappa shape index (κ1) is 13.8. The molecule has 0 saturated carbocycles. The summed E-state index contributed by atoms with van der Waals surface area (Å²) in [7, 11) is 0. The molecule has 0 atom stereocenters. The van der Waals surface area contributed by atoms with Gasteiger partial charge in [0.1, 0.15) is 0 Å². The average Bonchev–Trinajstić information content (AvgIpc) is 1.92. The Hall–Kier alpha value is -0.240. The van der Waals surface area contributed by atoms with Crippen molar-refractivity contribution >= 4 is 0 Å². The SMILES string of the molecule is CC(C)(C)OOOOOOC(C)(C)C. The Balaban J connectivity index is 3.23. The summed E-state index contributed by atoms with van der Waals surface area (Å²) in [5.41, 5.74) is -0.984. The van der Waals surface area contributed by atoms with Crippen LogP contribution in [0.25, 0.3) is 0 Å². The summed E-state index contributed by atoms with van der Waals surface area (Å²) in [4.78, 5) is 9.36. The second-order valence-electron chi connectivity index (χ2n) is 4.66. The predicted octanol–water partition coefficient (Wildman–Crippen LogP) is 2.26. The molecule has 0 rings (SSSR count). The molecule has 0 aromatic rings. The van der Waals surface area contributed by atoms with E-state index < -0.39 is 11.2 Å². The van der Waals surface area contributed by atoms with Gasteiger partial charge in [0.25, 0.3) is 0 Å². The maximum absolute atomic E-state index is 4.68. The van der Waals surface area contributed by atoms with Gasteiger partial charge in [-0.25, -0.2) is 0 Å². The molecule has 14 heavy (non-hydrogen) atoms. The van der Waals surface area contributed by atoms with E-state index in [4.69, 9.17) is 0 Å². The van der Waals surface area contributed by atoms with Crippen LogP contribution in [0.1, 0.15) is 41.5 Å².